The van der Waals surface area contributed by atoms with Crippen molar-refractivity contribution in [3.05, 3.63) is 206 Å². The number of imidazole rings is 1. The van der Waals surface area contributed by atoms with Crippen molar-refractivity contribution in [2.45, 2.75) is 0 Å². The van der Waals surface area contributed by atoms with E-state index in [4.69, 9.17) is 15.0 Å². The molecule has 14 aromatic rings. The quantitative estimate of drug-likeness (QED) is 0.167. The number of benzene rings is 9. The first-order valence-corrected chi connectivity index (χ1v) is 21.4. The van der Waals surface area contributed by atoms with Gasteiger partial charge in [0, 0.05) is 49.0 Å². The zero-order valence-electron chi connectivity index (χ0n) is 33.8. The average Bonchev–Trinajstić information content (AvgIpc) is 4.02. The van der Waals surface area contributed by atoms with Crippen molar-refractivity contribution in [3.63, 3.8) is 0 Å². The molecule has 5 heterocycles. The van der Waals surface area contributed by atoms with Crippen molar-refractivity contribution in [1.82, 2.24) is 28.5 Å². The summed E-state index contributed by atoms with van der Waals surface area (Å²) in [6, 6.07) is 73.6. The molecule has 14 rings (SSSR count). The second-order valence-electron chi connectivity index (χ2n) is 16.4. The predicted molar refractivity (Wildman–Crippen MR) is 260 cm³/mol. The minimum absolute atomic E-state index is 0.606. The van der Waals surface area contributed by atoms with Gasteiger partial charge in [-0.15, -0.1) is 0 Å². The highest BCUT2D eigenvalue weighted by molar-refractivity contribution is 6.24. The molecule has 63 heavy (non-hydrogen) atoms. The van der Waals surface area contributed by atoms with Gasteiger partial charge in [-0.25, -0.2) is 15.0 Å². The molecular weight excluding hydrogens is 769 g/mol. The first kappa shape index (κ1) is 34.1. The molecule has 0 N–H and O–H groups in total. The molecule has 0 saturated heterocycles. The molecule has 0 saturated carbocycles. The number of rotatable bonds is 4. The molecule has 9 aromatic carbocycles. The zero-order chi connectivity index (χ0) is 41.2. The number of pyridine rings is 1. The molecule has 0 aliphatic rings. The van der Waals surface area contributed by atoms with Crippen molar-refractivity contribution in [2.24, 2.45) is 0 Å². The second-order valence-corrected chi connectivity index (χ2v) is 16.4. The molecule has 6 heteroatoms. The lowest BCUT2D eigenvalue weighted by Gasteiger charge is -2.14. The maximum atomic E-state index is 5.57. The third kappa shape index (κ3) is 4.86. The fourth-order valence-electron chi connectivity index (χ4n) is 10.2. The van der Waals surface area contributed by atoms with E-state index in [0.29, 0.717) is 5.95 Å². The summed E-state index contributed by atoms with van der Waals surface area (Å²) in [5, 5.41) is 10.2. The summed E-state index contributed by atoms with van der Waals surface area (Å²) in [4.78, 5) is 16.4. The Morgan fingerprint density at radius 2 is 0.968 bits per heavy atom. The number of nitrogens with zero attached hydrogens (tertiary/aromatic N) is 6. The molecule has 0 fully saturated rings. The van der Waals surface area contributed by atoms with Gasteiger partial charge in [-0.2, -0.15) is 0 Å². The molecule has 292 valence electrons. The van der Waals surface area contributed by atoms with Crippen LogP contribution in [-0.4, -0.2) is 28.5 Å². The molecule has 0 radical (unpaired) electrons. The monoisotopic (exact) mass is 802 g/mol. The zero-order valence-corrected chi connectivity index (χ0v) is 33.8. The van der Waals surface area contributed by atoms with E-state index in [0.717, 1.165) is 99.1 Å². The van der Waals surface area contributed by atoms with E-state index >= 15 is 0 Å². The van der Waals surface area contributed by atoms with Gasteiger partial charge < -0.3 is 4.57 Å². The Bertz CT molecular complexity index is 4200. The Kier molecular flexibility index (Phi) is 7.02. The Balaban J connectivity index is 1.12. The highest BCUT2D eigenvalue weighted by Gasteiger charge is 2.25. The van der Waals surface area contributed by atoms with E-state index in [1.807, 2.05) is 0 Å². The van der Waals surface area contributed by atoms with Gasteiger partial charge in [0.15, 0.2) is 0 Å². The maximum Gasteiger partial charge on any atom is 0.237 e. The lowest BCUT2D eigenvalue weighted by atomic mass is 9.99. The van der Waals surface area contributed by atoms with Crippen LogP contribution in [0, 0.1) is 0 Å². The molecule has 0 amide bonds. The summed E-state index contributed by atoms with van der Waals surface area (Å²) in [6.07, 6.45) is 0. The van der Waals surface area contributed by atoms with E-state index in [1.54, 1.807) is 0 Å². The minimum Gasteiger partial charge on any atom is -0.309 e. The standard InChI is InChI=1S/C57H34N6/c1-3-16-36(17-4-1)53-44-30-27-35-15-7-8-20-40(35)54(44)60-57(59-53)63-50-32-29-38(37-28-31-49-45(33-37)41-21-11-13-25-48(41)61(49)39-18-5-2-6-19-39)34-46(50)52-42-22-9-10-23-43(42)55-58-47-24-12-14-26-51(47)62(55)56(52)63/h1-34H. The summed E-state index contributed by atoms with van der Waals surface area (Å²) in [5.74, 6) is 0.606. The number of hydrogen-bond acceptors (Lipinski definition) is 3. The number of aromatic nitrogens is 6. The first-order chi connectivity index (χ1) is 31.3. The fraction of sp³-hybridized carbons (Fsp3) is 0. The van der Waals surface area contributed by atoms with Gasteiger partial charge in [-0.1, -0.05) is 146 Å². The Morgan fingerprint density at radius 1 is 0.349 bits per heavy atom. The first-order valence-electron chi connectivity index (χ1n) is 21.4. The average molecular weight is 803 g/mol. The number of fused-ring (bicyclic) bond motifs is 16. The van der Waals surface area contributed by atoms with E-state index in [2.05, 4.69) is 220 Å². The Labute approximate surface area is 360 Å². The Hall–Kier alpha value is -8.61. The summed E-state index contributed by atoms with van der Waals surface area (Å²) in [6.45, 7) is 0. The van der Waals surface area contributed by atoms with E-state index in [1.165, 1.54) is 21.8 Å². The lowest BCUT2D eigenvalue weighted by Crippen LogP contribution is -2.06. The Morgan fingerprint density at radius 3 is 1.78 bits per heavy atom. The normalized spacial score (nSPS) is 12.1. The van der Waals surface area contributed by atoms with Crippen LogP contribution in [0.4, 0.5) is 0 Å². The van der Waals surface area contributed by atoms with Crippen LogP contribution in [0.1, 0.15) is 0 Å². The number of hydrogen-bond donors (Lipinski definition) is 0. The molecule has 0 aliphatic carbocycles. The van der Waals surface area contributed by atoms with Crippen LogP contribution in [0.15, 0.2) is 206 Å². The van der Waals surface area contributed by atoms with Crippen LogP contribution in [-0.2, 0) is 0 Å². The molecule has 0 spiro atoms. The molecular formula is C57H34N6. The largest absolute Gasteiger partial charge is 0.309 e. The van der Waals surface area contributed by atoms with Gasteiger partial charge >= 0.3 is 0 Å². The van der Waals surface area contributed by atoms with Crippen molar-refractivity contribution in [3.8, 4) is 34.0 Å². The van der Waals surface area contributed by atoms with Crippen LogP contribution < -0.4 is 0 Å². The van der Waals surface area contributed by atoms with Crippen molar-refractivity contribution >= 4 is 92.9 Å². The third-order valence-corrected chi connectivity index (χ3v) is 13.0. The topological polar surface area (TPSA) is 52.9 Å². The van der Waals surface area contributed by atoms with E-state index in [9.17, 15) is 0 Å². The summed E-state index contributed by atoms with van der Waals surface area (Å²) >= 11 is 0. The van der Waals surface area contributed by atoms with Gasteiger partial charge in [-0.05, 0) is 82.6 Å². The SMILES string of the molecule is c1ccc(-c2nc(-n3c4ccc(-c5ccc6c(c5)c5ccccc5n6-c5ccccc5)cc4c4c5ccccc5c5nc6ccccc6n5c43)nc3c2ccc2ccccc23)cc1. The van der Waals surface area contributed by atoms with Crippen LogP contribution in [0.2, 0.25) is 0 Å². The van der Waals surface area contributed by atoms with Gasteiger partial charge in [0.05, 0.1) is 38.8 Å². The van der Waals surface area contributed by atoms with Gasteiger partial charge in [0.2, 0.25) is 5.95 Å². The molecule has 0 unspecified atom stereocenters. The van der Waals surface area contributed by atoms with Crippen molar-refractivity contribution < 1.29 is 0 Å². The van der Waals surface area contributed by atoms with Crippen LogP contribution in [0.5, 0.6) is 0 Å². The molecule has 6 nitrogen and oxygen atoms in total. The van der Waals surface area contributed by atoms with Crippen LogP contribution in [0.3, 0.4) is 0 Å². The minimum atomic E-state index is 0.606. The summed E-state index contributed by atoms with van der Waals surface area (Å²) in [7, 11) is 0. The highest BCUT2D eigenvalue weighted by Crippen LogP contribution is 2.43. The van der Waals surface area contributed by atoms with Gasteiger partial charge in [-0.3, -0.25) is 8.97 Å². The van der Waals surface area contributed by atoms with Crippen molar-refractivity contribution in [1.29, 1.82) is 0 Å². The van der Waals surface area contributed by atoms with Crippen LogP contribution >= 0.6 is 0 Å². The maximum absolute atomic E-state index is 5.57. The second kappa shape index (κ2) is 12.9. The fourth-order valence-corrected chi connectivity index (χ4v) is 10.2. The summed E-state index contributed by atoms with van der Waals surface area (Å²) < 4.78 is 6.98. The van der Waals surface area contributed by atoms with Crippen LogP contribution in [0.25, 0.3) is 127 Å². The number of para-hydroxylation sites is 4. The summed E-state index contributed by atoms with van der Waals surface area (Å²) in [5.41, 5.74) is 13.5. The van der Waals surface area contributed by atoms with E-state index < -0.39 is 0 Å². The molecule has 0 atom stereocenters. The third-order valence-electron chi connectivity index (χ3n) is 13.0. The van der Waals surface area contributed by atoms with E-state index in [-0.39, 0.29) is 0 Å². The van der Waals surface area contributed by atoms with Crippen molar-refractivity contribution in [2.75, 3.05) is 0 Å². The predicted octanol–water partition coefficient (Wildman–Crippen LogP) is 14.3. The molecule has 5 aromatic heterocycles. The smallest absolute Gasteiger partial charge is 0.237 e. The highest BCUT2D eigenvalue weighted by atomic mass is 15.2. The van der Waals surface area contributed by atoms with Gasteiger partial charge in [0.25, 0.3) is 0 Å². The molecule has 0 aliphatic heterocycles. The molecule has 0 bridgehead atoms. The lowest BCUT2D eigenvalue weighted by molar-refractivity contribution is 0.992. The van der Waals surface area contributed by atoms with Gasteiger partial charge in [0.1, 0.15) is 11.3 Å².